The van der Waals surface area contributed by atoms with E-state index < -0.39 is 0 Å². The number of carbonyl (C=O) groups is 1. The highest BCUT2D eigenvalue weighted by molar-refractivity contribution is 7.10. The minimum atomic E-state index is -0.0209. The molecular formula is C18H23N3O2S. The van der Waals surface area contributed by atoms with Crippen LogP contribution in [-0.2, 0) is 29.4 Å². The highest BCUT2D eigenvalue weighted by atomic mass is 32.1. The van der Waals surface area contributed by atoms with Crippen LogP contribution in [-0.4, -0.2) is 40.3 Å². The summed E-state index contributed by atoms with van der Waals surface area (Å²) < 4.78 is 7.87. The van der Waals surface area contributed by atoms with Gasteiger partial charge in [0.05, 0.1) is 31.0 Å². The third-order valence-corrected chi connectivity index (χ3v) is 5.81. The number of hydrogen-bond acceptors (Lipinski definition) is 4. The molecule has 5 nitrogen and oxygen atoms in total. The van der Waals surface area contributed by atoms with Crippen LogP contribution in [0.2, 0.25) is 0 Å². The van der Waals surface area contributed by atoms with Crippen LogP contribution < -0.4 is 0 Å². The van der Waals surface area contributed by atoms with Crippen LogP contribution in [0.25, 0.3) is 0 Å². The topological polar surface area (TPSA) is 47.4 Å². The van der Waals surface area contributed by atoms with Gasteiger partial charge in [-0.15, -0.1) is 11.3 Å². The summed E-state index contributed by atoms with van der Waals surface area (Å²) in [5.74, 6) is 0.916. The molecule has 0 saturated heterocycles. The van der Waals surface area contributed by atoms with Crippen LogP contribution in [0.3, 0.4) is 0 Å². The molecular weight excluding hydrogens is 322 g/mol. The second-order valence-electron chi connectivity index (χ2n) is 6.77. The van der Waals surface area contributed by atoms with Crippen molar-refractivity contribution in [2.24, 2.45) is 13.0 Å². The van der Waals surface area contributed by atoms with Gasteiger partial charge in [-0.2, -0.15) is 5.10 Å². The second kappa shape index (κ2) is 6.69. The van der Waals surface area contributed by atoms with Gasteiger partial charge in [0, 0.05) is 25.1 Å². The molecule has 6 heteroatoms. The zero-order valence-electron chi connectivity index (χ0n) is 14.0. The van der Waals surface area contributed by atoms with Crippen LogP contribution in [0.1, 0.15) is 35.0 Å². The first-order valence-electron chi connectivity index (χ1n) is 8.62. The normalized spacial score (nSPS) is 20.2. The van der Waals surface area contributed by atoms with Gasteiger partial charge in [-0.1, -0.05) is 6.07 Å². The summed E-state index contributed by atoms with van der Waals surface area (Å²) in [5.41, 5.74) is 2.38. The lowest BCUT2D eigenvalue weighted by Gasteiger charge is -2.36. The zero-order chi connectivity index (χ0) is 16.5. The molecule has 1 aliphatic carbocycles. The van der Waals surface area contributed by atoms with Crippen molar-refractivity contribution in [1.29, 1.82) is 0 Å². The molecule has 2 aromatic heterocycles. The van der Waals surface area contributed by atoms with Gasteiger partial charge in [-0.25, -0.2) is 0 Å². The maximum Gasteiger partial charge on any atom is 0.228 e. The monoisotopic (exact) mass is 345 g/mol. The summed E-state index contributed by atoms with van der Waals surface area (Å²) in [4.78, 5) is 16.0. The van der Waals surface area contributed by atoms with Gasteiger partial charge in [-0.05, 0) is 42.2 Å². The third-order valence-electron chi connectivity index (χ3n) is 4.93. The molecule has 0 spiro atoms. The number of hydrogen-bond donors (Lipinski definition) is 0. The number of aryl methyl sites for hydroxylation is 1. The SMILES string of the molecule is Cn1ncc2c1[C@@H](COCC1CC1)N(C(=O)Cc1cccs1)CC2. The average molecular weight is 345 g/mol. The minimum absolute atomic E-state index is 0.0209. The van der Waals surface area contributed by atoms with Crippen LogP contribution in [0.15, 0.2) is 23.7 Å². The molecule has 1 saturated carbocycles. The highest BCUT2D eigenvalue weighted by Gasteiger charge is 2.34. The van der Waals surface area contributed by atoms with Gasteiger partial charge in [0.25, 0.3) is 0 Å². The van der Waals surface area contributed by atoms with Crippen molar-refractivity contribution in [1.82, 2.24) is 14.7 Å². The van der Waals surface area contributed by atoms with E-state index in [0.29, 0.717) is 13.0 Å². The molecule has 3 heterocycles. The van der Waals surface area contributed by atoms with E-state index in [-0.39, 0.29) is 11.9 Å². The molecule has 1 amide bonds. The largest absolute Gasteiger partial charge is 0.379 e. The summed E-state index contributed by atoms with van der Waals surface area (Å²) in [6.45, 7) is 2.14. The van der Waals surface area contributed by atoms with Crippen molar-refractivity contribution in [3.05, 3.63) is 39.8 Å². The van der Waals surface area contributed by atoms with E-state index in [1.807, 2.05) is 40.3 Å². The number of rotatable bonds is 6. The molecule has 0 bridgehead atoms. The van der Waals surface area contributed by atoms with Crippen molar-refractivity contribution < 1.29 is 9.53 Å². The molecule has 1 aliphatic heterocycles. The van der Waals surface area contributed by atoms with Gasteiger partial charge >= 0.3 is 0 Å². The Morgan fingerprint density at radius 2 is 2.29 bits per heavy atom. The second-order valence-corrected chi connectivity index (χ2v) is 7.80. The van der Waals surface area contributed by atoms with Gasteiger partial charge in [0.1, 0.15) is 0 Å². The maximum atomic E-state index is 12.9. The number of carbonyl (C=O) groups excluding carboxylic acids is 1. The molecule has 24 heavy (non-hydrogen) atoms. The van der Waals surface area contributed by atoms with Crippen molar-refractivity contribution in [3.8, 4) is 0 Å². The molecule has 0 radical (unpaired) electrons. The fourth-order valence-corrected chi connectivity index (χ4v) is 4.12. The number of ether oxygens (including phenoxy) is 1. The number of aromatic nitrogens is 2. The van der Waals surface area contributed by atoms with E-state index in [9.17, 15) is 4.79 Å². The lowest BCUT2D eigenvalue weighted by Crippen LogP contribution is -2.43. The predicted octanol–water partition coefficient (Wildman–Crippen LogP) is 2.58. The van der Waals surface area contributed by atoms with E-state index >= 15 is 0 Å². The van der Waals surface area contributed by atoms with Crippen molar-refractivity contribution in [2.75, 3.05) is 19.8 Å². The highest BCUT2D eigenvalue weighted by Crippen LogP contribution is 2.32. The van der Waals surface area contributed by atoms with E-state index in [1.54, 1.807) is 11.3 Å². The van der Waals surface area contributed by atoms with Crippen LogP contribution in [0.4, 0.5) is 0 Å². The lowest BCUT2D eigenvalue weighted by molar-refractivity contribution is -0.135. The molecule has 1 atom stereocenters. The summed E-state index contributed by atoms with van der Waals surface area (Å²) >= 11 is 1.64. The first-order valence-corrected chi connectivity index (χ1v) is 9.50. The van der Waals surface area contributed by atoms with Crippen LogP contribution in [0, 0.1) is 5.92 Å². The molecule has 2 aliphatic rings. The Balaban J connectivity index is 1.52. The first-order chi connectivity index (χ1) is 11.7. The Morgan fingerprint density at radius 3 is 3.04 bits per heavy atom. The van der Waals surface area contributed by atoms with Crippen molar-refractivity contribution >= 4 is 17.2 Å². The lowest BCUT2D eigenvalue weighted by atomic mass is 9.99. The summed E-state index contributed by atoms with van der Waals surface area (Å²) in [6.07, 6.45) is 5.85. The summed E-state index contributed by atoms with van der Waals surface area (Å²) in [5, 5.41) is 6.42. The van der Waals surface area contributed by atoms with E-state index in [0.717, 1.165) is 36.1 Å². The molecule has 1 fully saturated rings. The number of thiophene rings is 1. The maximum absolute atomic E-state index is 12.9. The Labute approximate surface area is 146 Å². The first kappa shape index (κ1) is 15.8. The zero-order valence-corrected chi connectivity index (χ0v) is 14.8. The molecule has 0 unspecified atom stereocenters. The van der Waals surface area contributed by atoms with Gasteiger partial charge < -0.3 is 9.64 Å². The Bertz CT molecular complexity index is 706. The van der Waals surface area contributed by atoms with Crippen molar-refractivity contribution in [2.45, 2.75) is 31.7 Å². The molecule has 2 aromatic rings. The van der Waals surface area contributed by atoms with Gasteiger partial charge in [-0.3, -0.25) is 9.48 Å². The van der Waals surface area contributed by atoms with Crippen LogP contribution in [0.5, 0.6) is 0 Å². The summed E-state index contributed by atoms with van der Waals surface area (Å²) in [7, 11) is 1.96. The average Bonchev–Trinajstić information content (AvgIpc) is 3.11. The van der Waals surface area contributed by atoms with Crippen molar-refractivity contribution in [3.63, 3.8) is 0 Å². The third kappa shape index (κ3) is 3.26. The number of amides is 1. The fraction of sp³-hybridized carbons (Fsp3) is 0.556. The molecule has 128 valence electrons. The fourth-order valence-electron chi connectivity index (χ4n) is 3.42. The molecule has 4 rings (SSSR count). The van der Waals surface area contributed by atoms with Gasteiger partial charge in [0.15, 0.2) is 0 Å². The van der Waals surface area contributed by atoms with E-state index in [2.05, 4.69) is 5.10 Å². The number of fused-ring (bicyclic) bond motifs is 1. The van der Waals surface area contributed by atoms with Gasteiger partial charge in [0.2, 0.25) is 5.91 Å². The Hall–Kier alpha value is -1.66. The quantitative estimate of drug-likeness (QED) is 0.808. The summed E-state index contributed by atoms with van der Waals surface area (Å²) in [6, 6.07) is 4.01. The Morgan fingerprint density at radius 1 is 1.42 bits per heavy atom. The molecule has 0 N–H and O–H groups in total. The number of nitrogens with zero attached hydrogens (tertiary/aromatic N) is 3. The smallest absolute Gasteiger partial charge is 0.228 e. The standard InChI is InChI=1S/C18H23N3O2S/c1-20-18-14(10-19-20)6-7-21(16(18)12-23-11-13-4-5-13)17(22)9-15-3-2-8-24-15/h2-3,8,10,13,16H,4-7,9,11-12H2,1H3/t16-/m1/s1. The van der Waals surface area contributed by atoms with Crippen LogP contribution >= 0.6 is 11.3 Å². The molecule has 0 aromatic carbocycles. The predicted molar refractivity (Wildman–Crippen MR) is 92.9 cm³/mol. The van der Waals surface area contributed by atoms with E-state index in [4.69, 9.17) is 4.74 Å². The minimum Gasteiger partial charge on any atom is -0.379 e. The Kier molecular flexibility index (Phi) is 4.41. The van der Waals surface area contributed by atoms with E-state index in [1.165, 1.54) is 18.4 Å².